The molecule has 0 spiro atoms. The molecular formula is C24H23F6N5OS. The van der Waals surface area contributed by atoms with E-state index in [2.05, 4.69) is 14.7 Å². The molecule has 3 aromatic rings. The van der Waals surface area contributed by atoms with Crippen molar-refractivity contribution in [3.63, 3.8) is 0 Å². The molecular weight excluding hydrogens is 520 g/mol. The standard InChI is InChI=1S/C24H23F6N5OS/c1-14-3-5-16(6-4-14)9-20-32-22(37-33-20)34-7-8-35(15(2)13-34)21(36)31-19-11-17(23(25,26)27)10-18(12-19)24(28,29)30/h3-6,10-12,15H,7-9,13H2,1-2H3,(H,31,36). The Kier molecular flexibility index (Phi) is 7.36. The topological polar surface area (TPSA) is 61.4 Å². The number of piperazine rings is 1. The minimum Gasteiger partial charge on any atom is -0.343 e. The fraction of sp³-hybridized carbons (Fsp3) is 0.375. The fourth-order valence-electron chi connectivity index (χ4n) is 3.99. The number of benzene rings is 2. The largest absolute Gasteiger partial charge is 0.416 e. The molecule has 1 unspecified atom stereocenters. The van der Waals surface area contributed by atoms with Crippen LogP contribution in [0.5, 0.6) is 0 Å². The van der Waals surface area contributed by atoms with Crippen LogP contribution in [0, 0.1) is 6.92 Å². The zero-order valence-corrected chi connectivity index (χ0v) is 20.6. The van der Waals surface area contributed by atoms with Gasteiger partial charge in [0.1, 0.15) is 5.82 Å². The number of alkyl halides is 6. The quantitative estimate of drug-likeness (QED) is 0.397. The number of aromatic nitrogens is 2. The Morgan fingerprint density at radius 1 is 1.03 bits per heavy atom. The summed E-state index contributed by atoms with van der Waals surface area (Å²) in [5.74, 6) is 0.668. The molecule has 0 saturated carbocycles. The first-order valence-electron chi connectivity index (χ1n) is 11.3. The molecule has 1 aliphatic rings. The smallest absolute Gasteiger partial charge is 0.343 e. The molecule has 2 amide bonds. The highest BCUT2D eigenvalue weighted by atomic mass is 32.1. The molecule has 2 aromatic carbocycles. The Balaban J connectivity index is 1.41. The van der Waals surface area contributed by atoms with Crippen LogP contribution in [0.2, 0.25) is 0 Å². The maximum atomic E-state index is 13.1. The van der Waals surface area contributed by atoms with Crippen molar-refractivity contribution in [2.24, 2.45) is 0 Å². The number of aryl methyl sites for hydroxylation is 1. The SMILES string of the molecule is Cc1ccc(Cc2nsc(N3CCN(C(=O)Nc4cc(C(F)(F)F)cc(C(F)(F)F)c4)C(C)C3)n2)cc1. The Bertz CT molecular complexity index is 1230. The van der Waals surface area contributed by atoms with Crippen molar-refractivity contribution in [2.75, 3.05) is 29.9 Å². The van der Waals surface area contributed by atoms with E-state index in [1.807, 2.05) is 36.1 Å². The highest BCUT2D eigenvalue weighted by Gasteiger charge is 2.37. The fourth-order valence-corrected chi connectivity index (χ4v) is 4.71. The summed E-state index contributed by atoms with van der Waals surface area (Å²) in [4.78, 5) is 20.7. The van der Waals surface area contributed by atoms with E-state index in [1.54, 1.807) is 6.92 Å². The number of carbonyl (C=O) groups excluding carboxylic acids is 1. The summed E-state index contributed by atoms with van der Waals surface area (Å²) in [6, 6.07) is 7.88. The lowest BCUT2D eigenvalue weighted by atomic mass is 10.1. The third-order valence-electron chi connectivity index (χ3n) is 5.94. The molecule has 1 aliphatic heterocycles. The summed E-state index contributed by atoms with van der Waals surface area (Å²) < 4.78 is 83.2. The van der Waals surface area contributed by atoms with Crippen LogP contribution in [-0.4, -0.2) is 46.0 Å². The highest BCUT2D eigenvalue weighted by Crippen LogP contribution is 2.37. The van der Waals surface area contributed by atoms with Crippen LogP contribution < -0.4 is 10.2 Å². The van der Waals surface area contributed by atoms with Gasteiger partial charge in [-0.15, -0.1) is 0 Å². The molecule has 0 aliphatic carbocycles. The Labute approximate surface area is 213 Å². The second-order valence-corrected chi connectivity index (χ2v) is 9.60. The van der Waals surface area contributed by atoms with E-state index in [9.17, 15) is 31.1 Å². The summed E-state index contributed by atoms with van der Waals surface area (Å²) in [6.45, 7) is 4.71. The van der Waals surface area contributed by atoms with Crippen LogP contribution in [0.3, 0.4) is 0 Å². The van der Waals surface area contributed by atoms with E-state index >= 15 is 0 Å². The number of nitrogens with one attached hydrogen (secondary N) is 1. The van der Waals surface area contributed by atoms with Crippen molar-refractivity contribution in [3.05, 3.63) is 70.5 Å². The van der Waals surface area contributed by atoms with E-state index in [1.165, 1.54) is 16.4 Å². The monoisotopic (exact) mass is 543 g/mol. The number of urea groups is 1. The summed E-state index contributed by atoms with van der Waals surface area (Å²) in [5.41, 5.74) is -1.33. The predicted molar refractivity (Wildman–Crippen MR) is 128 cm³/mol. The molecule has 1 fully saturated rings. The molecule has 1 N–H and O–H groups in total. The maximum Gasteiger partial charge on any atom is 0.416 e. The van der Waals surface area contributed by atoms with Gasteiger partial charge in [0.05, 0.1) is 11.1 Å². The zero-order valence-electron chi connectivity index (χ0n) is 19.8. The van der Waals surface area contributed by atoms with Gasteiger partial charge >= 0.3 is 18.4 Å². The second-order valence-electron chi connectivity index (χ2n) is 8.87. The Morgan fingerprint density at radius 3 is 2.22 bits per heavy atom. The molecule has 1 saturated heterocycles. The summed E-state index contributed by atoms with van der Waals surface area (Å²) in [6.07, 6.45) is -9.43. The molecule has 4 rings (SSSR count). The molecule has 13 heteroatoms. The third kappa shape index (κ3) is 6.51. The van der Waals surface area contributed by atoms with Gasteiger partial charge in [-0.3, -0.25) is 0 Å². The molecule has 6 nitrogen and oxygen atoms in total. The van der Waals surface area contributed by atoms with Crippen LogP contribution >= 0.6 is 11.5 Å². The van der Waals surface area contributed by atoms with Crippen molar-refractivity contribution >= 4 is 28.4 Å². The van der Waals surface area contributed by atoms with Crippen molar-refractivity contribution in [2.45, 2.75) is 38.7 Å². The van der Waals surface area contributed by atoms with Gasteiger partial charge in [0, 0.05) is 49.3 Å². The number of rotatable bonds is 4. The van der Waals surface area contributed by atoms with E-state index in [-0.39, 0.29) is 18.7 Å². The lowest BCUT2D eigenvalue weighted by Gasteiger charge is -2.39. The van der Waals surface area contributed by atoms with E-state index in [0.717, 1.165) is 11.1 Å². The molecule has 37 heavy (non-hydrogen) atoms. The van der Waals surface area contributed by atoms with Crippen LogP contribution in [0.4, 0.5) is 42.0 Å². The molecule has 1 aromatic heterocycles. The van der Waals surface area contributed by atoms with Gasteiger partial charge in [-0.05, 0) is 37.6 Å². The van der Waals surface area contributed by atoms with Crippen LogP contribution in [0.25, 0.3) is 0 Å². The average molecular weight is 544 g/mol. The van der Waals surface area contributed by atoms with Gasteiger partial charge in [0.25, 0.3) is 0 Å². The second kappa shape index (κ2) is 10.2. The van der Waals surface area contributed by atoms with Gasteiger partial charge in [-0.25, -0.2) is 9.78 Å². The number of amides is 2. The summed E-state index contributed by atoms with van der Waals surface area (Å²) in [5, 5.41) is 2.88. The number of anilines is 2. The molecule has 2 heterocycles. The van der Waals surface area contributed by atoms with E-state index in [0.29, 0.717) is 42.6 Å². The van der Waals surface area contributed by atoms with Gasteiger partial charge < -0.3 is 15.1 Å². The Morgan fingerprint density at radius 2 is 1.65 bits per heavy atom. The van der Waals surface area contributed by atoms with Crippen molar-refractivity contribution in [3.8, 4) is 0 Å². The van der Waals surface area contributed by atoms with Gasteiger partial charge in [-0.2, -0.15) is 30.7 Å². The van der Waals surface area contributed by atoms with Crippen molar-refractivity contribution < 1.29 is 31.1 Å². The number of nitrogens with zero attached hydrogens (tertiary/aromatic N) is 4. The number of hydrogen-bond acceptors (Lipinski definition) is 5. The normalized spacial score (nSPS) is 16.7. The lowest BCUT2D eigenvalue weighted by Crippen LogP contribution is -2.55. The van der Waals surface area contributed by atoms with Gasteiger partial charge in [-0.1, -0.05) is 29.8 Å². The molecule has 1 atom stereocenters. The summed E-state index contributed by atoms with van der Waals surface area (Å²) >= 11 is 1.23. The van der Waals surface area contributed by atoms with Crippen LogP contribution in [0.1, 0.15) is 35.0 Å². The minimum atomic E-state index is -5.00. The maximum absolute atomic E-state index is 13.1. The highest BCUT2D eigenvalue weighted by molar-refractivity contribution is 7.09. The number of carbonyl (C=O) groups is 1. The zero-order chi connectivity index (χ0) is 27.0. The average Bonchev–Trinajstić information content (AvgIpc) is 3.27. The van der Waals surface area contributed by atoms with Crippen molar-refractivity contribution in [1.29, 1.82) is 0 Å². The van der Waals surface area contributed by atoms with Gasteiger partial charge in [0.15, 0.2) is 0 Å². The summed E-state index contributed by atoms with van der Waals surface area (Å²) in [7, 11) is 0. The van der Waals surface area contributed by atoms with Crippen LogP contribution in [0.15, 0.2) is 42.5 Å². The van der Waals surface area contributed by atoms with Crippen LogP contribution in [-0.2, 0) is 18.8 Å². The molecule has 0 radical (unpaired) electrons. The predicted octanol–water partition coefficient (Wildman–Crippen LogP) is 6.22. The number of hydrogen-bond donors (Lipinski definition) is 1. The first-order chi connectivity index (χ1) is 17.3. The first-order valence-corrected chi connectivity index (χ1v) is 12.1. The number of halogens is 6. The van der Waals surface area contributed by atoms with Gasteiger partial charge in [0.2, 0.25) is 5.13 Å². The van der Waals surface area contributed by atoms with Crippen molar-refractivity contribution in [1.82, 2.24) is 14.3 Å². The Hall–Kier alpha value is -3.35. The molecule has 198 valence electrons. The third-order valence-corrected chi connectivity index (χ3v) is 6.75. The minimum absolute atomic E-state index is 0.0200. The van der Waals surface area contributed by atoms with E-state index in [4.69, 9.17) is 0 Å². The molecule has 0 bridgehead atoms. The first kappa shape index (κ1) is 26.7. The van der Waals surface area contributed by atoms with E-state index < -0.39 is 35.2 Å². The lowest BCUT2D eigenvalue weighted by molar-refractivity contribution is -0.143.